The van der Waals surface area contributed by atoms with E-state index in [1.807, 2.05) is 31.2 Å². The van der Waals surface area contributed by atoms with Gasteiger partial charge >= 0.3 is 5.97 Å². The maximum Gasteiger partial charge on any atom is 0.355 e. The Labute approximate surface area is 176 Å². The lowest BCUT2D eigenvalue weighted by atomic mass is 9.97. The number of ether oxygens (including phenoxy) is 1. The molecule has 0 saturated carbocycles. The molecule has 2 aliphatic rings. The fourth-order valence-corrected chi connectivity index (χ4v) is 3.81. The van der Waals surface area contributed by atoms with Gasteiger partial charge in [0.15, 0.2) is 5.71 Å². The van der Waals surface area contributed by atoms with Gasteiger partial charge in [0, 0.05) is 4.47 Å². The molecule has 2 atom stereocenters. The van der Waals surface area contributed by atoms with Crippen molar-refractivity contribution < 1.29 is 19.1 Å². The molecule has 2 heterocycles. The highest BCUT2D eigenvalue weighted by molar-refractivity contribution is 9.10. The van der Waals surface area contributed by atoms with Crippen molar-refractivity contribution in [1.29, 1.82) is 0 Å². The number of anilines is 2. The van der Waals surface area contributed by atoms with Crippen molar-refractivity contribution in [2.45, 2.75) is 19.9 Å². The summed E-state index contributed by atoms with van der Waals surface area (Å²) in [6.45, 7) is 3.78. The first-order valence-electron chi connectivity index (χ1n) is 9.17. The summed E-state index contributed by atoms with van der Waals surface area (Å²) < 4.78 is 5.92. The molecule has 148 valence electrons. The molecule has 0 bridgehead atoms. The predicted molar refractivity (Wildman–Crippen MR) is 112 cm³/mol. The molecule has 1 saturated heterocycles. The molecule has 0 spiro atoms. The maximum atomic E-state index is 13.3. The number of imide groups is 1. The minimum atomic E-state index is -1.01. The fraction of sp³-hybridized carbons (Fsp3) is 0.238. The van der Waals surface area contributed by atoms with Gasteiger partial charge in [-0.1, -0.05) is 33.6 Å². The Morgan fingerprint density at radius 3 is 2.28 bits per heavy atom. The van der Waals surface area contributed by atoms with E-state index < -0.39 is 29.7 Å². The third kappa shape index (κ3) is 3.23. The van der Waals surface area contributed by atoms with E-state index in [1.165, 1.54) is 5.01 Å². The van der Waals surface area contributed by atoms with E-state index in [4.69, 9.17) is 4.74 Å². The van der Waals surface area contributed by atoms with Gasteiger partial charge in [-0.15, -0.1) is 0 Å². The molecule has 0 aliphatic carbocycles. The van der Waals surface area contributed by atoms with E-state index in [0.29, 0.717) is 11.4 Å². The van der Waals surface area contributed by atoms with Crippen LogP contribution in [0.1, 0.15) is 12.5 Å². The third-order valence-electron chi connectivity index (χ3n) is 4.92. The summed E-state index contributed by atoms with van der Waals surface area (Å²) in [5.41, 5.74) is 2.08. The number of amides is 2. The number of nitrogens with zero attached hydrogens (tertiary/aromatic N) is 3. The SMILES string of the molecule is CCOC(=O)C1=NN(c2ccc(C)cc2)[C@H]2C(=O)N(c3ccc(Br)cc3)C(=O)[C@@H]12. The molecular formula is C21H18BrN3O4. The molecule has 8 heteroatoms. The van der Waals surface area contributed by atoms with Crippen LogP contribution in [0.4, 0.5) is 11.4 Å². The summed E-state index contributed by atoms with van der Waals surface area (Å²) in [5, 5.41) is 5.79. The molecule has 0 aromatic heterocycles. The Morgan fingerprint density at radius 1 is 1.03 bits per heavy atom. The van der Waals surface area contributed by atoms with Gasteiger partial charge in [0.05, 0.1) is 18.0 Å². The first kappa shape index (κ1) is 19.3. The number of fused-ring (bicyclic) bond motifs is 1. The summed E-state index contributed by atoms with van der Waals surface area (Å²) in [4.78, 5) is 40.1. The molecule has 2 amide bonds. The summed E-state index contributed by atoms with van der Waals surface area (Å²) in [7, 11) is 0. The number of benzene rings is 2. The van der Waals surface area contributed by atoms with Crippen LogP contribution in [0.25, 0.3) is 0 Å². The third-order valence-corrected chi connectivity index (χ3v) is 5.45. The number of rotatable bonds is 4. The maximum absolute atomic E-state index is 13.3. The Morgan fingerprint density at radius 2 is 1.66 bits per heavy atom. The number of hydrogen-bond donors (Lipinski definition) is 0. The topological polar surface area (TPSA) is 79.3 Å². The fourth-order valence-electron chi connectivity index (χ4n) is 3.54. The van der Waals surface area contributed by atoms with E-state index >= 15 is 0 Å². The average Bonchev–Trinajstić information content (AvgIpc) is 3.21. The highest BCUT2D eigenvalue weighted by atomic mass is 79.9. The van der Waals surface area contributed by atoms with Crippen LogP contribution in [0.5, 0.6) is 0 Å². The Bertz CT molecular complexity index is 1020. The molecule has 7 nitrogen and oxygen atoms in total. The quantitative estimate of drug-likeness (QED) is 0.522. The lowest BCUT2D eigenvalue weighted by molar-refractivity contribution is -0.136. The van der Waals surface area contributed by atoms with Crippen LogP contribution in [0.15, 0.2) is 58.1 Å². The summed E-state index contributed by atoms with van der Waals surface area (Å²) >= 11 is 3.35. The van der Waals surface area contributed by atoms with Crippen molar-refractivity contribution in [2.75, 3.05) is 16.5 Å². The normalized spacial score (nSPS) is 20.7. The molecule has 4 rings (SSSR count). The van der Waals surface area contributed by atoms with E-state index in [9.17, 15) is 14.4 Å². The van der Waals surface area contributed by atoms with Gasteiger partial charge in [0.2, 0.25) is 5.91 Å². The van der Waals surface area contributed by atoms with Crippen molar-refractivity contribution in [3.05, 3.63) is 58.6 Å². The van der Waals surface area contributed by atoms with Gasteiger partial charge in [-0.05, 0) is 50.2 Å². The van der Waals surface area contributed by atoms with Gasteiger partial charge in [-0.25, -0.2) is 9.69 Å². The molecular weight excluding hydrogens is 438 g/mol. The van der Waals surface area contributed by atoms with Crippen LogP contribution in [0.2, 0.25) is 0 Å². The van der Waals surface area contributed by atoms with E-state index in [-0.39, 0.29) is 12.3 Å². The van der Waals surface area contributed by atoms with Crippen LogP contribution in [0, 0.1) is 12.8 Å². The van der Waals surface area contributed by atoms with E-state index in [1.54, 1.807) is 31.2 Å². The van der Waals surface area contributed by atoms with E-state index in [0.717, 1.165) is 14.9 Å². The van der Waals surface area contributed by atoms with E-state index in [2.05, 4.69) is 21.0 Å². The molecule has 2 aliphatic heterocycles. The zero-order valence-electron chi connectivity index (χ0n) is 15.8. The lowest BCUT2D eigenvalue weighted by Gasteiger charge is -2.22. The zero-order chi connectivity index (χ0) is 20.7. The number of aryl methyl sites for hydroxylation is 1. The number of carbonyl (C=O) groups is 3. The van der Waals surface area contributed by atoms with Crippen LogP contribution >= 0.6 is 15.9 Å². The summed E-state index contributed by atoms with van der Waals surface area (Å²) in [6, 6.07) is 13.3. The molecule has 2 aromatic rings. The van der Waals surface area contributed by atoms with Crippen LogP contribution in [-0.4, -0.2) is 36.1 Å². The first-order chi connectivity index (χ1) is 13.9. The van der Waals surface area contributed by atoms with Gasteiger partial charge < -0.3 is 4.74 Å². The number of esters is 1. The number of halogens is 1. The van der Waals surface area contributed by atoms with Crippen molar-refractivity contribution in [3.63, 3.8) is 0 Å². The van der Waals surface area contributed by atoms with Gasteiger partial charge in [-0.3, -0.25) is 14.6 Å². The number of carbonyl (C=O) groups excluding carboxylic acids is 3. The largest absolute Gasteiger partial charge is 0.461 e. The highest BCUT2D eigenvalue weighted by Crippen LogP contribution is 2.38. The smallest absolute Gasteiger partial charge is 0.355 e. The minimum absolute atomic E-state index is 0.0459. The van der Waals surface area contributed by atoms with Crippen molar-refractivity contribution >= 4 is 50.8 Å². The zero-order valence-corrected chi connectivity index (χ0v) is 17.4. The second kappa shape index (κ2) is 7.44. The number of hydrogen-bond acceptors (Lipinski definition) is 6. The molecule has 2 aromatic carbocycles. The van der Waals surface area contributed by atoms with Gasteiger partial charge in [-0.2, -0.15) is 5.10 Å². The monoisotopic (exact) mass is 455 g/mol. The van der Waals surface area contributed by atoms with Gasteiger partial charge in [0.25, 0.3) is 5.91 Å². The highest BCUT2D eigenvalue weighted by Gasteiger charge is 2.59. The summed E-state index contributed by atoms with van der Waals surface area (Å²) in [6.07, 6.45) is 0. The van der Waals surface area contributed by atoms with Crippen LogP contribution in [-0.2, 0) is 19.1 Å². The second-order valence-electron chi connectivity index (χ2n) is 6.80. The Balaban J connectivity index is 1.78. The van der Waals surface area contributed by atoms with Crippen molar-refractivity contribution in [3.8, 4) is 0 Å². The van der Waals surface area contributed by atoms with Gasteiger partial charge in [0.1, 0.15) is 12.0 Å². The molecule has 0 N–H and O–H groups in total. The average molecular weight is 456 g/mol. The van der Waals surface area contributed by atoms with Crippen molar-refractivity contribution in [1.82, 2.24) is 0 Å². The number of hydrazone groups is 1. The second-order valence-corrected chi connectivity index (χ2v) is 7.71. The summed E-state index contributed by atoms with van der Waals surface area (Å²) in [5.74, 6) is -2.60. The molecule has 29 heavy (non-hydrogen) atoms. The van der Waals surface area contributed by atoms with Crippen LogP contribution < -0.4 is 9.91 Å². The Hall–Kier alpha value is -3.00. The lowest BCUT2D eigenvalue weighted by Crippen LogP contribution is -2.39. The van der Waals surface area contributed by atoms with Crippen LogP contribution in [0.3, 0.4) is 0 Å². The predicted octanol–water partition coefficient (Wildman–Crippen LogP) is 3.05. The molecule has 0 radical (unpaired) electrons. The molecule has 0 unspecified atom stereocenters. The Kier molecular flexibility index (Phi) is 4.96. The van der Waals surface area contributed by atoms with Crippen molar-refractivity contribution in [2.24, 2.45) is 11.0 Å². The standard InChI is InChI=1S/C21H18BrN3O4/c1-3-29-21(28)17-16-18(25(23-17)15-8-4-12(2)5-9-15)20(27)24(19(16)26)14-10-6-13(22)7-11-14/h4-11,16,18H,3H2,1-2H3/t16-,18+/m0/s1. The first-order valence-corrected chi connectivity index (χ1v) is 9.96. The minimum Gasteiger partial charge on any atom is -0.461 e. The molecule has 1 fully saturated rings.